The highest BCUT2D eigenvalue weighted by atomic mass is 32.1. The molecule has 0 atom stereocenters. The molecule has 0 saturated heterocycles. The molecule has 0 aliphatic rings. The van der Waals surface area contributed by atoms with Gasteiger partial charge in [0.25, 0.3) is 0 Å². The van der Waals surface area contributed by atoms with Crippen LogP contribution in [0.15, 0.2) is 23.8 Å². The van der Waals surface area contributed by atoms with E-state index >= 15 is 0 Å². The van der Waals surface area contributed by atoms with Crippen LogP contribution in [0.1, 0.15) is 11.3 Å². The van der Waals surface area contributed by atoms with Gasteiger partial charge in [0.05, 0.1) is 0 Å². The van der Waals surface area contributed by atoms with Gasteiger partial charge in [-0.05, 0) is 25.5 Å². The number of thiazole rings is 1. The van der Waals surface area contributed by atoms with Crippen LogP contribution in [-0.2, 0) is 0 Å². The van der Waals surface area contributed by atoms with Crippen LogP contribution in [0, 0.1) is 13.8 Å². The van der Waals surface area contributed by atoms with E-state index in [2.05, 4.69) is 22.3 Å². The topological polar surface area (TPSA) is 25.8 Å². The third-order valence-electron chi connectivity index (χ3n) is 1.89. The van der Waals surface area contributed by atoms with Crippen molar-refractivity contribution in [3.8, 4) is 10.6 Å². The molecule has 0 spiro atoms. The summed E-state index contributed by atoms with van der Waals surface area (Å²) in [4.78, 5) is 8.52. The van der Waals surface area contributed by atoms with Crippen LogP contribution >= 0.6 is 11.3 Å². The lowest BCUT2D eigenvalue weighted by molar-refractivity contribution is 1.23. The van der Waals surface area contributed by atoms with E-state index in [0.717, 1.165) is 16.3 Å². The lowest BCUT2D eigenvalue weighted by Gasteiger charge is -1.98. The van der Waals surface area contributed by atoms with Crippen LogP contribution in [-0.4, -0.2) is 9.97 Å². The van der Waals surface area contributed by atoms with Crippen molar-refractivity contribution >= 4 is 11.3 Å². The lowest BCUT2D eigenvalue weighted by Crippen LogP contribution is -1.83. The van der Waals surface area contributed by atoms with E-state index in [-0.39, 0.29) is 0 Å². The van der Waals surface area contributed by atoms with Gasteiger partial charge in [-0.3, -0.25) is 4.98 Å². The van der Waals surface area contributed by atoms with Gasteiger partial charge in [-0.25, -0.2) is 4.98 Å². The third-order valence-corrected chi connectivity index (χ3v) is 2.88. The minimum atomic E-state index is 1.06. The van der Waals surface area contributed by atoms with Crippen LogP contribution in [0.5, 0.6) is 0 Å². The third kappa shape index (κ3) is 1.60. The van der Waals surface area contributed by atoms with E-state index in [9.17, 15) is 0 Å². The first-order valence-electron chi connectivity index (χ1n) is 4.10. The van der Waals surface area contributed by atoms with Crippen molar-refractivity contribution < 1.29 is 0 Å². The maximum Gasteiger partial charge on any atom is 0.125 e. The molecule has 2 aromatic heterocycles. The summed E-state index contributed by atoms with van der Waals surface area (Å²) in [5.41, 5.74) is 3.44. The molecule has 66 valence electrons. The van der Waals surface area contributed by atoms with Gasteiger partial charge >= 0.3 is 0 Å². The fourth-order valence-electron chi connectivity index (χ4n) is 1.17. The lowest BCUT2D eigenvalue weighted by atomic mass is 10.2. The van der Waals surface area contributed by atoms with Crippen LogP contribution in [0.3, 0.4) is 0 Å². The van der Waals surface area contributed by atoms with Gasteiger partial charge in [-0.1, -0.05) is 0 Å². The first-order chi connectivity index (χ1) is 6.27. The summed E-state index contributed by atoms with van der Waals surface area (Å²) >= 11 is 1.67. The molecule has 0 saturated carbocycles. The monoisotopic (exact) mass is 190 g/mol. The maximum atomic E-state index is 4.42. The molecular weight excluding hydrogens is 180 g/mol. The maximum absolute atomic E-state index is 4.42. The Hall–Kier alpha value is -1.22. The van der Waals surface area contributed by atoms with Crippen molar-refractivity contribution in [2.24, 2.45) is 0 Å². The first-order valence-corrected chi connectivity index (χ1v) is 4.98. The van der Waals surface area contributed by atoms with Gasteiger partial charge < -0.3 is 0 Å². The van der Waals surface area contributed by atoms with Crippen molar-refractivity contribution in [3.05, 3.63) is 35.1 Å². The number of hydrogen-bond acceptors (Lipinski definition) is 3. The molecule has 2 nitrogen and oxygen atoms in total. The van der Waals surface area contributed by atoms with Gasteiger partial charge in [-0.15, -0.1) is 11.3 Å². The standard InChI is InChI=1S/C10H10N2S/c1-7-3-4-11-5-9(7)10-12-8(2)6-13-10/h3-6H,1-2H3. The van der Waals surface area contributed by atoms with Gasteiger partial charge in [-0.2, -0.15) is 0 Å². The number of aromatic nitrogens is 2. The molecule has 2 aromatic rings. The van der Waals surface area contributed by atoms with E-state index in [0.29, 0.717) is 0 Å². The van der Waals surface area contributed by atoms with Crippen molar-refractivity contribution in [3.63, 3.8) is 0 Å². The minimum Gasteiger partial charge on any atom is -0.264 e. The number of hydrogen-bond donors (Lipinski definition) is 0. The molecule has 0 radical (unpaired) electrons. The normalized spacial score (nSPS) is 10.3. The Kier molecular flexibility index (Phi) is 2.10. The summed E-state index contributed by atoms with van der Waals surface area (Å²) in [6, 6.07) is 2.01. The molecule has 0 aliphatic heterocycles. The molecule has 2 heterocycles. The highest BCUT2D eigenvalue weighted by Crippen LogP contribution is 2.25. The summed E-state index contributed by atoms with van der Waals surface area (Å²) in [6.07, 6.45) is 3.67. The Morgan fingerprint density at radius 1 is 1.31 bits per heavy atom. The van der Waals surface area contributed by atoms with Crippen molar-refractivity contribution in [1.82, 2.24) is 9.97 Å². The fraction of sp³-hybridized carbons (Fsp3) is 0.200. The Balaban J connectivity index is 2.52. The van der Waals surface area contributed by atoms with Gasteiger partial charge in [0.15, 0.2) is 0 Å². The summed E-state index contributed by atoms with van der Waals surface area (Å²) < 4.78 is 0. The Morgan fingerprint density at radius 2 is 2.15 bits per heavy atom. The Morgan fingerprint density at radius 3 is 2.77 bits per heavy atom. The molecule has 2 rings (SSSR count). The summed E-state index contributed by atoms with van der Waals surface area (Å²) in [5, 5.41) is 3.12. The minimum absolute atomic E-state index is 1.06. The smallest absolute Gasteiger partial charge is 0.125 e. The zero-order valence-electron chi connectivity index (χ0n) is 7.61. The largest absolute Gasteiger partial charge is 0.264 e. The predicted molar refractivity (Wildman–Crippen MR) is 54.8 cm³/mol. The van der Waals surface area contributed by atoms with Gasteiger partial charge in [0.2, 0.25) is 0 Å². The molecule has 0 aliphatic carbocycles. The van der Waals surface area contributed by atoms with Crippen molar-refractivity contribution in [1.29, 1.82) is 0 Å². The highest BCUT2D eigenvalue weighted by Gasteiger charge is 2.04. The molecule has 0 unspecified atom stereocenters. The van der Waals surface area contributed by atoms with E-state index in [1.54, 1.807) is 17.5 Å². The zero-order chi connectivity index (χ0) is 9.26. The number of nitrogens with zero attached hydrogens (tertiary/aromatic N) is 2. The summed E-state index contributed by atoms with van der Waals surface area (Å²) in [7, 11) is 0. The predicted octanol–water partition coefficient (Wildman–Crippen LogP) is 2.82. The van der Waals surface area contributed by atoms with E-state index in [1.807, 2.05) is 19.2 Å². The molecule has 0 bridgehead atoms. The SMILES string of the molecule is Cc1csc(-c2cnccc2C)n1. The van der Waals surface area contributed by atoms with Crippen LogP contribution in [0.4, 0.5) is 0 Å². The number of pyridine rings is 1. The quantitative estimate of drug-likeness (QED) is 0.691. The van der Waals surface area contributed by atoms with Crippen LogP contribution in [0.2, 0.25) is 0 Å². The van der Waals surface area contributed by atoms with Crippen LogP contribution < -0.4 is 0 Å². The summed E-state index contributed by atoms with van der Waals surface area (Å²) in [5.74, 6) is 0. The Labute approximate surface area is 81.3 Å². The molecular formula is C10H10N2S. The highest BCUT2D eigenvalue weighted by molar-refractivity contribution is 7.13. The molecule has 13 heavy (non-hydrogen) atoms. The zero-order valence-corrected chi connectivity index (χ0v) is 8.43. The first kappa shape index (κ1) is 8.38. The fourth-order valence-corrected chi connectivity index (χ4v) is 2.04. The van der Waals surface area contributed by atoms with Gasteiger partial charge in [0.1, 0.15) is 5.01 Å². The molecule has 0 N–H and O–H groups in total. The average molecular weight is 190 g/mol. The van der Waals surface area contributed by atoms with E-state index in [4.69, 9.17) is 0 Å². The second kappa shape index (κ2) is 3.26. The molecule has 3 heteroatoms. The number of rotatable bonds is 1. The molecule has 0 aromatic carbocycles. The van der Waals surface area contributed by atoms with Crippen LogP contribution in [0.25, 0.3) is 10.6 Å². The molecule has 0 amide bonds. The number of aryl methyl sites for hydroxylation is 2. The van der Waals surface area contributed by atoms with E-state index in [1.165, 1.54) is 5.56 Å². The Bertz CT molecular complexity index is 420. The average Bonchev–Trinajstić information content (AvgIpc) is 2.53. The molecule has 0 fully saturated rings. The van der Waals surface area contributed by atoms with Gasteiger partial charge in [0, 0.05) is 29.0 Å². The summed E-state index contributed by atoms with van der Waals surface area (Å²) in [6.45, 7) is 4.08. The van der Waals surface area contributed by atoms with E-state index < -0.39 is 0 Å². The second-order valence-corrected chi connectivity index (χ2v) is 3.84. The van der Waals surface area contributed by atoms with Crippen molar-refractivity contribution in [2.75, 3.05) is 0 Å². The van der Waals surface area contributed by atoms with Crippen molar-refractivity contribution in [2.45, 2.75) is 13.8 Å². The second-order valence-electron chi connectivity index (χ2n) is 2.98.